The first-order chi connectivity index (χ1) is 12.5. The van der Waals surface area contributed by atoms with Crippen molar-refractivity contribution >= 4 is 11.9 Å². The fourth-order valence-corrected chi connectivity index (χ4v) is 2.33. The van der Waals surface area contributed by atoms with Gasteiger partial charge in [0, 0.05) is 0 Å². The highest BCUT2D eigenvalue weighted by molar-refractivity contribution is 5.93. The molecule has 0 saturated carbocycles. The van der Waals surface area contributed by atoms with Crippen molar-refractivity contribution < 1.29 is 28.6 Å². The number of unbranched alkanes of at least 4 members (excludes halogenated alkanes) is 1. The van der Waals surface area contributed by atoms with Crippen LogP contribution in [0.25, 0.3) is 0 Å². The summed E-state index contributed by atoms with van der Waals surface area (Å²) in [5.74, 6) is -0.808. The zero-order chi connectivity index (χ0) is 19.1. The number of hydrogen-bond acceptors (Lipinski definition) is 5. The minimum atomic E-state index is -1.22. The van der Waals surface area contributed by atoms with E-state index in [4.69, 9.17) is 19.0 Å². The van der Waals surface area contributed by atoms with Gasteiger partial charge in [-0.3, -0.25) is 4.79 Å². The van der Waals surface area contributed by atoms with Crippen molar-refractivity contribution in [3.63, 3.8) is 0 Å². The Hall–Kier alpha value is -2.96. The van der Waals surface area contributed by atoms with Crippen molar-refractivity contribution in [2.24, 2.45) is 0 Å². The predicted octanol–water partition coefficient (Wildman–Crippen LogP) is 3.66. The van der Waals surface area contributed by atoms with Crippen LogP contribution in [0.3, 0.4) is 0 Å². The lowest BCUT2D eigenvalue weighted by molar-refractivity contribution is 0.0659. The third-order valence-electron chi connectivity index (χ3n) is 3.83. The molecule has 0 saturated heterocycles. The molecule has 0 aliphatic carbocycles. The molecule has 140 valence electrons. The highest BCUT2D eigenvalue weighted by Crippen LogP contribution is 2.30. The smallest absolute Gasteiger partial charge is 0.371 e. The zero-order valence-electron chi connectivity index (χ0n) is 15.1. The number of carboxylic acids is 1. The van der Waals surface area contributed by atoms with E-state index >= 15 is 0 Å². The van der Waals surface area contributed by atoms with Crippen LogP contribution in [0.1, 0.15) is 59.4 Å². The number of rotatable bonds is 9. The molecule has 1 atom stereocenters. The summed E-state index contributed by atoms with van der Waals surface area (Å²) in [5.41, 5.74) is 0.822. The van der Waals surface area contributed by atoms with Crippen LogP contribution in [0.5, 0.6) is 11.5 Å². The number of nitrogens with one attached hydrogen (secondary N) is 1. The molecule has 0 bridgehead atoms. The van der Waals surface area contributed by atoms with Crippen LogP contribution < -0.4 is 14.8 Å². The first-order valence-electron chi connectivity index (χ1n) is 8.41. The van der Waals surface area contributed by atoms with E-state index in [1.807, 2.05) is 19.1 Å². The number of carbonyl (C=O) groups is 2. The molecular weight excluding hydrogens is 338 g/mol. The molecule has 0 radical (unpaired) electrons. The fourth-order valence-electron chi connectivity index (χ4n) is 2.33. The minimum Gasteiger partial charge on any atom is -0.493 e. The van der Waals surface area contributed by atoms with Crippen molar-refractivity contribution in [1.29, 1.82) is 0 Å². The molecule has 2 rings (SSSR count). The number of carbonyl (C=O) groups excluding carboxylic acids is 1. The maximum absolute atomic E-state index is 12.2. The molecule has 7 heteroatoms. The molecule has 0 spiro atoms. The van der Waals surface area contributed by atoms with Gasteiger partial charge in [-0.2, -0.15) is 0 Å². The van der Waals surface area contributed by atoms with Crippen LogP contribution in [0.4, 0.5) is 0 Å². The molecule has 1 aromatic heterocycles. The Labute approximate surface area is 151 Å². The number of ether oxygens (including phenoxy) is 2. The van der Waals surface area contributed by atoms with Crippen molar-refractivity contribution in [3.8, 4) is 11.5 Å². The van der Waals surface area contributed by atoms with Crippen LogP contribution in [-0.2, 0) is 0 Å². The highest BCUT2D eigenvalue weighted by Gasteiger charge is 2.18. The standard InChI is InChI=1S/C19H23NO6/c1-4-5-10-25-14-7-6-13(11-17(14)24-3)12(2)20-18(21)15-8-9-16(26-15)19(22)23/h6-9,11-12H,4-5,10H2,1-3H3,(H,20,21)(H,22,23). The summed E-state index contributed by atoms with van der Waals surface area (Å²) in [4.78, 5) is 23.0. The number of furan rings is 1. The molecule has 0 fully saturated rings. The second-order valence-electron chi connectivity index (χ2n) is 5.78. The van der Waals surface area contributed by atoms with Crippen molar-refractivity contribution in [1.82, 2.24) is 5.32 Å². The van der Waals surface area contributed by atoms with Gasteiger partial charge in [-0.1, -0.05) is 19.4 Å². The van der Waals surface area contributed by atoms with Gasteiger partial charge in [0.2, 0.25) is 5.76 Å². The quantitative estimate of drug-likeness (QED) is 0.662. The van der Waals surface area contributed by atoms with E-state index in [0.29, 0.717) is 18.1 Å². The predicted molar refractivity (Wildman–Crippen MR) is 94.9 cm³/mol. The molecule has 1 aromatic carbocycles. The topological polar surface area (TPSA) is 98.0 Å². The summed E-state index contributed by atoms with van der Waals surface area (Å²) in [7, 11) is 1.56. The van der Waals surface area contributed by atoms with E-state index in [1.54, 1.807) is 13.2 Å². The number of aromatic carboxylic acids is 1. The summed E-state index contributed by atoms with van der Waals surface area (Å²) in [5, 5.41) is 11.6. The van der Waals surface area contributed by atoms with Gasteiger partial charge in [0.05, 0.1) is 19.8 Å². The van der Waals surface area contributed by atoms with Crippen LogP contribution in [0.2, 0.25) is 0 Å². The Morgan fingerprint density at radius 1 is 1.19 bits per heavy atom. The number of carboxylic acid groups (broad SMARTS) is 1. The Kier molecular flexibility index (Phi) is 6.66. The SMILES string of the molecule is CCCCOc1ccc(C(C)NC(=O)c2ccc(C(=O)O)o2)cc1OC. The average Bonchev–Trinajstić information content (AvgIpc) is 3.12. The molecule has 1 amide bonds. The van der Waals surface area contributed by atoms with Crippen LogP contribution >= 0.6 is 0 Å². The van der Waals surface area contributed by atoms with Crippen LogP contribution in [-0.4, -0.2) is 30.7 Å². The van der Waals surface area contributed by atoms with E-state index < -0.39 is 11.9 Å². The normalized spacial score (nSPS) is 11.7. The molecule has 2 N–H and O–H groups in total. The largest absolute Gasteiger partial charge is 0.493 e. The Morgan fingerprint density at radius 2 is 1.92 bits per heavy atom. The van der Waals surface area contributed by atoms with Crippen molar-refractivity contribution in [2.45, 2.75) is 32.7 Å². The Balaban J connectivity index is 2.06. The summed E-state index contributed by atoms with van der Waals surface area (Å²) in [6.45, 7) is 4.51. The summed E-state index contributed by atoms with van der Waals surface area (Å²) in [6.07, 6.45) is 2.00. The lowest BCUT2D eigenvalue weighted by atomic mass is 10.1. The first-order valence-corrected chi connectivity index (χ1v) is 8.41. The molecule has 1 unspecified atom stereocenters. The number of amides is 1. The van der Waals surface area contributed by atoms with E-state index in [0.717, 1.165) is 18.4 Å². The lowest BCUT2D eigenvalue weighted by Crippen LogP contribution is -2.26. The molecular formula is C19H23NO6. The van der Waals surface area contributed by atoms with Gasteiger partial charge >= 0.3 is 5.97 Å². The third-order valence-corrected chi connectivity index (χ3v) is 3.83. The maximum atomic E-state index is 12.2. The van der Waals surface area contributed by atoms with Gasteiger partial charge in [0.1, 0.15) is 0 Å². The maximum Gasteiger partial charge on any atom is 0.371 e. The molecule has 2 aromatic rings. The number of hydrogen-bond donors (Lipinski definition) is 2. The summed E-state index contributed by atoms with van der Waals surface area (Å²) in [6, 6.07) is 7.70. The molecule has 0 aliphatic heterocycles. The van der Waals surface area contributed by atoms with Gasteiger partial charge in [-0.25, -0.2) is 4.79 Å². The fraction of sp³-hybridized carbons (Fsp3) is 0.368. The van der Waals surface area contributed by atoms with Gasteiger partial charge in [0.15, 0.2) is 17.3 Å². The van der Waals surface area contributed by atoms with E-state index in [-0.39, 0.29) is 17.6 Å². The molecule has 1 heterocycles. The second-order valence-corrected chi connectivity index (χ2v) is 5.78. The second kappa shape index (κ2) is 8.94. The van der Waals surface area contributed by atoms with Gasteiger partial charge in [-0.05, 0) is 43.2 Å². The van der Waals surface area contributed by atoms with E-state index in [9.17, 15) is 9.59 Å². The number of methoxy groups -OCH3 is 1. The molecule has 7 nitrogen and oxygen atoms in total. The van der Waals surface area contributed by atoms with Gasteiger partial charge in [0.25, 0.3) is 5.91 Å². The van der Waals surface area contributed by atoms with Crippen LogP contribution in [0.15, 0.2) is 34.7 Å². The third kappa shape index (κ3) is 4.78. The van der Waals surface area contributed by atoms with Crippen molar-refractivity contribution in [2.75, 3.05) is 13.7 Å². The molecule has 26 heavy (non-hydrogen) atoms. The summed E-state index contributed by atoms with van der Waals surface area (Å²) < 4.78 is 16.1. The Morgan fingerprint density at radius 3 is 2.54 bits per heavy atom. The zero-order valence-corrected chi connectivity index (χ0v) is 15.1. The average molecular weight is 361 g/mol. The van der Waals surface area contributed by atoms with Gasteiger partial charge < -0.3 is 24.3 Å². The Bertz CT molecular complexity index is 767. The lowest BCUT2D eigenvalue weighted by Gasteiger charge is -2.16. The highest BCUT2D eigenvalue weighted by atomic mass is 16.5. The number of benzene rings is 1. The van der Waals surface area contributed by atoms with E-state index in [2.05, 4.69) is 12.2 Å². The monoisotopic (exact) mass is 361 g/mol. The minimum absolute atomic E-state index is 0.0549. The van der Waals surface area contributed by atoms with Crippen LogP contribution in [0, 0.1) is 0 Å². The van der Waals surface area contributed by atoms with Crippen molar-refractivity contribution in [3.05, 3.63) is 47.4 Å². The van der Waals surface area contributed by atoms with E-state index in [1.165, 1.54) is 12.1 Å². The summed E-state index contributed by atoms with van der Waals surface area (Å²) >= 11 is 0. The first kappa shape index (κ1) is 19.4. The molecule has 0 aliphatic rings. The van der Waals surface area contributed by atoms with Gasteiger partial charge in [-0.15, -0.1) is 0 Å².